The Morgan fingerprint density at radius 2 is 2.22 bits per heavy atom. The van der Waals surface area contributed by atoms with Gasteiger partial charge in [0.2, 0.25) is 0 Å². The van der Waals surface area contributed by atoms with Crippen LogP contribution in [-0.2, 0) is 6.61 Å². The quantitative estimate of drug-likeness (QED) is 0.772. The van der Waals surface area contributed by atoms with Gasteiger partial charge in [-0.05, 0) is 35.4 Å². The number of nitrogens with zero attached hydrogens (tertiary/aromatic N) is 3. The number of aromatic nitrogens is 3. The predicted molar refractivity (Wildman–Crippen MR) is 86.4 cm³/mol. The van der Waals surface area contributed by atoms with E-state index in [1.54, 1.807) is 24.5 Å². The highest BCUT2D eigenvalue weighted by Gasteiger charge is 2.13. The van der Waals surface area contributed by atoms with E-state index in [1.165, 1.54) is 7.11 Å². The van der Waals surface area contributed by atoms with Gasteiger partial charge < -0.3 is 9.84 Å². The monoisotopic (exact) mass is 306 g/mol. The number of benzene rings is 1. The number of H-pyrrole nitrogens is 1. The highest BCUT2D eigenvalue weighted by atomic mass is 16.5. The highest BCUT2D eigenvalue weighted by molar-refractivity contribution is 5.95. The van der Waals surface area contributed by atoms with Crippen LogP contribution in [0.5, 0.6) is 5.75 Å². The van der Waals surface area contributed by atoms with E-state index in [9.17, 15) is 5.26 Å². The van der Waals surface area contributed by atoms with Crippen molar-refractivity contribution in [2.24, 2.45) is 0 Å². The van der Waals surface area contributed by atoms with Gasteiger partial charge in [-0.3, -0.25) is 10.1 Å². The van der Waals surface area contributed by atoms with Gasteiger partial charge in [0.1, 0.15) is 11.8 Å². The molecule has 2 heterocycles. The summed E-state index contributed by atoms with van der Waals surface area (Å²) in [5.74, 6) is 0.501. The average molecular weight is 306 g/mol. The maximum Gasteiger partial charge on any atom is 0.148 e. The van der Waals surface area contributed by atoms with Crippen LogP contribution in [0.3, 0.4) is 0 Å². The van der Waals surface area contributed by atoms with Crippen molar-refractivity contribution >= 4 is 23.1 Å². The zero-order valence-corrected chi connectivity index (χ0v) is 12.4. The Morgan fingerprint density at radius 1 is 1.35 bits per heavy atom. The van der Waals surface area contributed by atoms with Gasteiger partial charge in [0, 0.05) is 12.4 Å². The van der Waals surface area contributed by atoms with Crippen LogP contribution in [0.25, 0.3) is 23.1 Å². The molecule has 0 saturated carbocycles. The van der Waals surface area contributed by atoms with E-state index in [-0.39, 0.29) is 6.61 Å². The van der Waals surface area contributed by atoms with Crippen LogP contribution < -0.4 is 4.74 Å². The Kier molecular flexibility index (Phi) is 4.04. The number of nitrogens with one attached hydrogen (secondary N) is 1. The van der Waals surface area contributed by atoms with E-state index >= 15 is 0 Å². The van der Waals surface area contributed by atoms with E-state index in [0.717, 1.165) is 22.0 Å². The summed E-state index contributed by atoms with van der Waals surface area (Å²) in [5.41, 5.74) is 3.51. The topological polar surface area (TPSA) is 94.8 Å². The molecular formula is C17H14N4O2. The van der Waals surface area contributed by atoms with Crippen molar-refractivity contribution in [1.29, 1.82) is 5.26 Å². The molecule has 0 aliphatic rings. The fourth-order valence-corrected chi connectivity index (χ4v) is 2.39. The van der Waals surface area contributed by atoms with Crippen molar-refractivity contribution in [3.63, 3.8) is 0 Å². The number of methoxy groups -OCH3 is 1. The van der Waals surface area contributed by atoms with Crippen LogP contribution in [0.4, 0.5) is 0 Å². The number of fused-ring (bicyclic) bond motifs is 1. The first-order chi connectivity index (χ1) is 11.3. The molecule has 6 nitrogen and oxygen atoms in total. The lowest BCUT2D eigenvalue weighted by Crippen LogP contribution is -1.89. The summed E-state index contributed by atoms with van der Waals surface area (Å²) >= 11 is 0. The van der Waals surface area contributed by atoms with Crippen LogP contribution in [0.1, 0.15) is 22.4 Å². The van der Waals surface area contributed by atoms with Crippen molar-refractivity contribution in [3.8, 4) is 11.8 Å². The molecule has 1 aromatic carbocycles. The van der Waals surface area contributed by atoms with Crippen molar-refractivity contribution < 1.29 is 9.84 Å². The third kappa shape index (κ3) is 2.78. The molecule has 23 heavy (non-hydrogen) atoms. The van der Waals surface area contributed by atoms with Crippen molar-refractivity contribution in [1.82, 2.24) is 15.2 Å². The summed E-state index contributed by atoms with van der Waals surface area (Å²) in [5, 5.41) is 26.3. The van der Waals surface area contributed by atoms with E-state index < -0.39 is 0 Å². The molecule has 0 spiro atoms. The third-order valence-corrected chi connectivity index (χ3v) is 3.47. The summed E-state index contributed by atoms with van der Waals surface area (Å²) in [6.07, 6.45) is 6.98. The highest BCUT2D eigenvalue weighted by Crippen LogP contribution is 2.31. The van der Waals surface area contributed by atoms with Gasteiger partial charge in [-0.25, -0.2) is 0 Å². The van der Waals surface area contributed by atoms with Crippen LogP contribution in [0.15, 0.2) is 30.6 Å². The molecule has 0 unspecified atom stereocenters. The number of aromatic amines is 1. The molecule has 0 bridgehead atoms. The summed E-state index contributed by atoms with van der Waals surface area (Å²) in [4.78, 5) is 4.07. The molecule has 3 rings (SSSR count). The van der Waals surface area contributed by atoms with Gasteiger partial charge >= 0.3 is 0 Å². The first-order valence-corrected chi connectivity index (χ1v) is 6.95. The van der Waals surface area contributed by atoms with Crippen molar-refractivity contribution in [2.75, 3.05) is 7.11 Å². The van der Waals surface area contributed by atoms with Crippen molar-refractivity contribution in [3.05, 3.63) is 53.0 Å². The number of ether oxygens (including phenoxy) is 1. The zero-order chi connectivity index (χ0) is 16.2. The normalized spacial score (nSPS) is 11.0. The van der Waals surface area contributed by atoms with Gasteiger partial charge in [-0.2, -0.15) is 10.4 Å². The number of hydrogen-bond donors (Lipinski definition) is 2. The molecule has 6 heteroatoms. The molecule has 0 aliphatic heterocycles. The minimum atomic E-state index is -0.0562. The molecule has 0 atom stereocenters. The SMILES string of the molecule is COc1c(C#N)ccc2[nH]nc(C=Cc3cncc(CO)c3)c12. The predicted octanol–water partition coefficient (Wildman–Crippen LogP) is 2.50. The number of pyridine rings is 1. The van der Waals surface area contributed by atoms with Crippen LogP contribution in [0.2, 0.25) is 0 Å². The van der Waals surface area contributed by atoms with Gasteiger partial charge in [-0.1, -0.05) is 6.08 Å². The molecule has 0 amide bonds. The first kappa shape index (κ1) is 14.8. The first-order valence-electron chi connectivity index (χ1n) is 6.95. The molecule has 2 N–H and O–H groups in total. The van der Waals surface area contributed by atoms with Gasteiger partial charge in [-0.15, -0.1) is 0 Å². The van der Waals surface area contributed by atoms with Crippen LogP contribution in [-0.4, -0.2) is 27.4 Å². The van der Waals surface area contributed by atoms with Crippen LogP contribution >= 0.6 is 0 Å². The fourth-order valence-electron chi connectivity index (χ4n) is 2.39. The largest absolute Gasteiger partial charge is 0.495 e. The molecular weight excluding hydrogens is 292 g/mol. The van der Waals surface area contributed by atoms with E-state index in [0.29, 0.717) is 17.0 Å². The summed E-state index contributed by atoms with van der Waals surface area (Å²) in [6.45, 7) is -0.0562. The second-order valence-corrected chi connectivity index (χ2v) is 4.91. The Labute approximate surface area is 132 Å². The Morgan fingerprint density at radius 3 is 2.96 bits per heavy atom. The molecule has 114 valence electrons. The van der Waals surface area contributed by atoms with Gasteiger partial charge in [0.25, 0.3) is 0 Å². The Balaban J connectivity index is 2.06. The summed E-state index contributed by atoms with van der Waals surface area (Å²) in [6, 6.07) is 7.46. The molecule has 0 fully saturated rings. The zero-order valence-electron chi connectivity index (χ0n) is 12.4. The second-order valence-electron chi connectivity index (χ2n) is 4.91. The van der Waals surface area contributed by atoms with E-state index in [4.69, 9.17) is 9.84 Å². The fraction of sp³-hybridized carbons (Fsp3) is 0.118. The number of aliphatic hydroxyl groups excluding tert-OH is 1. The van der Waals surface area contributed by atoms with Gasteiger partial charge in [0.15, 0.2) is 0 Å². The molecule has 0 aliphatic carbocycles. The number of aliphatic hydroxyl groups is 1. The lowest BCUT2D eigenvalue weighted by Gasteiger charge is -2.04. The Hall–Kier alpha value is -3.17. The van der Waals surface area contributed by atoms with Crippen molar-refractivity contribution in [2.45, 2.75) is 6.61 Å². The maximum absolute atomic E-state index is 9.19. The lowest BCUT2D eigenvalue weighted by atomic mass is 10.1. The Bertz CT molecular complexity index is 922. The minimum absolute atomic E-state index is 0.0562. The van der Waals surface area contributed by atoms with Crippen LogP contribution in [0, 0.1) is 11.3 Å². The number of hydrogen-bond acceptors (Lipinski definition) is 5. The maximum atomic E-state index is 9.19. The summed E-state index contributed by atoms with van der Waals surface area (Å²) < 4.78 is 5.38. The summed E-state index contributed by atoms with van der Waals surface area (Å²) in [7, 11) is 1.53. The average Bonchev–Trinajstić information content (AvgIpc) is 3.02. The number of rotatable bonds is 4. The smallest absolute Gasteiger partial charge is 0.148 e. The number of nitriles is 1. The van der Waals surface area contributed by atoms with E-state index in [1.807, 2.05) is 18.2 Å². The third-order valence-electron chi connectivity index (χ3n) is 3.47. The standard InChI is InChI=1S/C17H14N4O2/c1-23-17-13(7-18)3-5-15-16(17)14(20-21-15)4-2-11-6-12(10-22)9-19-8-11/h2-6,8-9,22H,10H2,1H3,(H,20,21). The molecule has 0 saturated heterocycles. The van der Waals surface area contributed by atoms with E-state index in [2.05, 4.69) is 21.3 Å². The van der Waals surface area contributed by atoms with Gasteiger partial charge in [0.05, 0.1) is 35.9 Å². The molecule has 0 radical (unpaired) electrons. The lowest BCUT2D eigenvalue weighted by molar-refractivity contribution is 0.281. The molecule has 2 aromatic heterocycles. The second kappa shape index (κ2) is 6.30. The molecule has 3 aromatic rings. The minimum Gasteiger partial charge on any atom is -0.495 e.